The minimum atomic E-state index is 0.747. The van der Waals surface area contributed by atoms with E-state index in [0.29, 0.717) is 0 Å². The molecular formula is C10H8ClNS. The molecule has 3 heteroatoms. The number of thiol groups is 1. The molecule has 2 rings (SSSR count). The van der Waals surface area contributed by atoms with E-state index in [1.807, 2.05) is 47.2 Å². The van der Waals surface area contributed by atoms with Crippen LogP contribution in [0.4, 0.5) is 0 Å². The summed E-state index contributed by atoms with van der Waals surface area (Å²) in [5.41, 5.74) is 1.07. The van der Waals surface area contributed by atoms with Gasteiger partial charge >= 0.3 is 0 Å². The Balaban J connectivity index is 2.47. The Bertz CT molecular complexity index is 405. The molecule has 0 saturated heterocycles. The summed E-state index contributed by atoms with van der Waals surface area (Å²) in [4.78, 5) is 0. The average molecular weight is 210 g/mol. The summed E-state index contributed by atoms with van der Waals surface area (Å²) < 4.78 is 1.99. The Hall–Kier alpha value is -0.860. The van der Waals surface area contributed by atoms with Crippen LogP contribution >= 0.6 is 24.2 Å². The predicted octanol–water partition coefficient (Wildman–Crippen LogP) is 3.42. The van der Waals surface area contributed by atoms with Gasteiger partial charge in [0.2, 0.25) is 0 Å². The largest absolute Gasteiger partial charge is 0.312 e. The first kappa shape index (κ1) is 8.73. The van der Waals surface area contributed by atoms with Crippen LogP contribution in [0.3, 0.4) is 0 Å². The van der Waals surface area contributed by atoms with E-state index in [2.05, 4.69) is 12.6 Å². The van der Waals surface area contributed by atoms with Gasteiger partial charge in [0.15, 0.2) is 0 Å². The van der Waals surface area contributed by atoms with Crippen molar-refractivity contribution in [3.05, 3.63) is 47.6 Å². The SMILES string of the molecule is Sc1cccn1-c1ccc(Cl)cc1. The fourth-order valence-electron chi connectivity index (χ4n) is 1.19. The summed E-state index contributed by atoms with van der Waals surface area (Å²) in [6.07, 6.45) is 1.96. The zero-order valence-corrected chi connectivity index (χ0v) is 8.46. The summed E-state index contributed by atoms with van der Waals surface area (Å²) >= 11 is 10.1. The summed E-state index contributed by atoms with van der Waals surface area (Å²) in [6, 6.07) is 11.5. The fraction of sp³-hybridized carbons (Fsp3) is 0. The van der Waals surface area contributed by atoms with Gasteiger partial charge in [0.25, 0.3) is 0 Å². The van der Waals surface area contributed by atoms with Gasteiger partial charge in [-0.05, 0) is 36.4 Å². The molecule has 1 nitrogen and oxygen atoms in total. The highest BCUT2D eigenvalue weighted by molar-refractivity contribution is 7.80. The van der Waals surface area contributed by atoms with Gasteiger partial charge in [-0.1, -0.05) is 11.6 Å². The maximum Gasteiger partial charge on any atom is 0.0762 e. The fourth-order valence-corrected chi connectivity index (χ4v) is 1.59. The monoisotopic (exact) mass is 209 g/mol. The zero-order valence-electron chi connectivity index (χ0n) is 6.81. The van der Waals surface area contributed by atoms with Crippen LogP contribution in [0.2, 0.25) is 5.02 Å². The lowest BCUT2D eigenvalue weighted by molar-refractivity contribution is 0.961. The smallest absolute Gasteiger partial charge is 0.0762 e. The molecule has 0 amide bonds. The molecule has 1 heterocycles. The third-order valence-electron chi connectivity index (χ3n) is 1.83. The van der Waals surface area contributed by atoms with Gasteiger partial charge in [-0.3, -0.25) is 0 Å². The molecule has 0 saturated carbocycles. The normalized spacial score (nSPS) is 10.3. The highest BCUT2D eigenvalue weighted by Crippen LogP contribution is 2.17. The predicted molar refractivity (Wildman–Crippen MR) is 58.0 cm³/mol. The average Bonchev–Trinajstić information content (AvgIpc) is 2.53. The van der Waals surface area contributed by atoms with Crippen LogP contribution in [-0.4, -0.2) is 4.57 Å². The number of aromatic nitrogens is 1. The maximum atomic E-state index is 5.78. The van der Waals surface area contributed by atoms with Crippen LogP contribution in [-0.2, 0) is 0 Å². The lowest BCUT2D eigenvalue weighted by Crippen LogP contribution is -1.90. The van der Waals surface area contributed by atoms with Gasteiger partial charge in [0, 0.05) is 16.9 Å². The standard InChI is InChI=1S/C10H8ClNS/c11-8-3-5-9(6-4-8)12-7-1-2-10(12)13/h1-7,13H. The van der Waals surface area contributed by atoms with E-state index >= 15 is 0 Å². The molecular weight excluding hydrogens is 202 g/mol. The second-order valence-corrected chi connectivity index (χ2v) is 3.61. The van der Waals surface area contributed by atoms with E-state index in [4.69, 9.17) is 11.6 Å². The summed E-state index contributed by atoms with van der Waals surface area (Å²) in [5, 5.41) is 1.67. The molecule has 0 radical (unpaired) electrons. The van der Waals surface area contributed by atoms with E-state index in [1.165, 1.54) is 0 Å². The minimum Gasteiger partial charge on any atom is -0.312 e. The van der Waals surface area contributed by atoms with Crippen molar-refractivity contribution in [2.45, 2.75) is 5.03 Å². The molecule has 66 valence electrons. The van der Waals surface area contributed by atoms with Crippen LogP contribution < -0.4 is 0 Å². The molecule has 0 atom stereocenters. The van der Waals surface area contributed by atoms with Gasteiger partial charge in [-0.2, -0.15) is 0 Å². The molecule has 0 fully saturated rings. The van der Waals surface area contributed by atoms with Crippen LogP contribution in [0, 0.1) is 0 Å². The molecule has 0 aliphatic carbocycles. The maximum absolute atomic E-state index is 5.78. The molecule has 0 aliphatic heterocycles. The Kier molecular flexibility index (Phi) is 2.34. The second kappa shape index (κ2) is 3.48. The Morgan fingerprint density at radius 3 is 2.31 bits per heavy atom. The van der Waals surface area contributed by atoms with E-state index in [-0.39, 0.29) is 0 Å². The Morgan fingerprint density at radius 1 is 1.08 bits per heavy atom. The van der Waals surface area contributed by atoms with Crippen LogP contribution in [0.15, 0.2) is 47.6 Å². The first-order chi connectivity index (χ1) is 6.27. The van der Waals surface area contributed by atoms with Crippen molar-refractivity contribution in [3.63, 3.8) is 0 Å². The quantitative estimate of drug-likeness (QED) is 0.687. The third-order valence-corrected chi connectivity index (χ3v) is 2.45. The molecule has 0 bridgehead atoms. The minimum absolute atomic E-state index is 0.747. The summed E-state index contributed by atoms with van der Waals surface area (Å²) in [5.74, 6) is 0. The topological polar surface area (TPSA) is 4.93 Å². The third kappa shape index (κ3) is 1.74. The van der Waals surface area contributed by atoms with Crippen molar-refractivity contribution in [1.29, 1.82) is 0 Å². The van der Waals surface area contributed by atoms with Crippen molar-refractivity contribution in [1.82, 2.24) is 4.57 Å². The second-order valence-electron chi connectivity index (χ2n) is 2.71. The van der Waals surface area contributed by atoms with E-state index in [0.717, 1.165) is 15.7 Å². The number of nitrogens with zero attached hydrogens (tertiary/aromatic N) is 1. The number of hydrogen-bond acceptors (Lipinski definition) is 1. The van der Waals surface area contributed by atoms with Crippen LogP contribution in [0.1, 0.15) is 0 Å². The Labute approximate surface area is 87.4 Å². The van der Waals surface area contributed by atoms with Gasteiger partial charge < -0.3 is 4.57 Å². The first-order valence-electron chi connectivity index (χ1n) is 3.89. The molecule has 0 N–H and O–H groups in total. The zero-order chi connectivity index (χ0) is 9.26. The summed E-state index contributed by atoms with van der Waals surface area (Å²) in [6.45, 7) is 0. The molecule has 1 aromatic heterocycles. The molecule has 0 unspecified atom stereocenters. The van der Waals surface area contributed by atoms with E-state index in [9.17, 15) is 0 Å². The molecule has 13 heavy (non-hydrogen) atoms. The van der Waals surface area contributed by atoms with Crippen LogP contribution in [0.25, 0.3) is 5.69 Å². The van der Waals surface area contributed by atoms with Gasteiger partial charge in [-0.15, -0.1) is 12.6 Å². The lowest BCUT2D eigenvalue weighted by Gasteiger charge is -2.04. The van der Waals surface area contributed by atoms with Crippen molar-refractivity contribution in [3.8, 4) is 5.69 Å². The van der Waals surface area contributed by atoms with Crippen molar-refractivity contribution >= 4 is 24.2 Å². The van der Waals surface area contributed by atoms with Crippen molar-refractivity contribution < 1.29 is 0 Å². The first-order valence-corrected chi connectivity index (χ1v) is 4.72. The number of rotatable bonds is 1. The van der Waals surface area contributed by atoms with Gasteiger partial charge in [0.05, 0.1) is 5.03 Å². The van der Waals surface area contributed by atoms with Gasteiger partial charge in [0.1, 0.15) is 0 Å². The van der Waals surface area contributed by atoms with Crippen molar-refractivity contribution in [2.75, 3.05) is 0 Å². The van der Waals surface area contributed by atoms with E-state index < -0.39 is 0 Å². The van der Waals surface area contributed by atoms with E-state index in [1.54, 1.807) is 0 Å². The number of halogens is 1. The Morgan fingerprint density at radius 2 is 1.77 bits per heavy atom. The summed E-state index contributed by atoms with van der Waals surface area (Å²) in [7, 11) is 0. The lowest BCUT2D eigenvalue weighted by atomic mass is 10.3. The van der Waals surface area contributed by atoms with Crippen molar-refractivity contribution in [2.24, 2.45) is 0 Å². The van der Waals surface area contributed by atoms with Crippen LogP contribution in [0.5, 0.6) is 0 Å². The molecule has 1 aromatic carbocycles. The number of hydrogen-bond donors (Lipinski definition) is 1. The molecule has 0 aliphatic rings. The molecule has 2 aromatic rings. The molecule has 0 spiro atoms. The highest BCUT2D eigenvalue weighted by atomic mass is 35.5. The van der Waals surface area contributed by atoms with Gasteiger partial charge in [-0.25, -0.2) is 0 Å². The highest BCUT2D eigenvalue weighted by Gasteiger charge is 1.98. The number of benzene rings is 1.